The van der Waals surface area contributed by atoms with E-state index < -0.39 is 0 Å². The number of hydrogen-bond donors (Lipinski definition) is 0. The maximum Gasteiger partial charge on any atom is 0.118 e. The average molecular weight is 275 g/mol. The molecule has 2 aromatic rings. The highest BCUT2D eigenvalue weighted by atomic mass is 16.5. The fourth-order valence-electron chi connectivity index (χ4n) is 2.96. The van der Waals surface area contributed by atoms with E-state index in [1.54, 1.807) is 7.11 Å². The summed E-state index contributed by atoms with van der Waals surface area (Å²) in [5, 5.41) is 4.57. The van der Waals surface area contributed by atoms with Gasteiger partial charge in [-0.15, -0.1) is 0 Å². The molecule has 1 aliphatic rings. The quantitative estimate of drug-likeness (QED) is 0.856. The minimum Gasteiger partial charge on any atom is -0.465 e. The molecule has 0 saturated heterocycles. The van der Waals surface area contributed by atoms with Crippen molar-refractivity contribution in [2.75, 3.05) is 20.3 Å². The van der Waals surface area contributed by atoms with E-state index >= 15 is 0 Å². The highest BCUT2D eigenvalue weighted by molar-refractivity contribution is 5.25. The monoisotopic (exact) mass is 275 g/mol. The third-order valence-electron chi connectivity index (χ3n) is 3.77. The predicted octanol–water partition coefficient (Wildman–Crippen LogP) is 2.07. The van der Waals surface area contributed by atoms with Crippen molar-refractivity contribution in [1.82, 2.24) is 14.7 Å². The first-order valence-electron chi connectivity index (χ1n) is 6.94. The summed E-state index contributed by atoms with van der Waals surface area (Å²) < 4.78 is 12.9. The van der Waals surface area contributed by atoms with Gasteiger partial charge in [-0.25, -0.2) is 0 Å². The maximum absolute atomic E-state index is 5.68. The van der Waals surface area contributed by atoms with Gasteiger partial charge in [0.05, 0.1) is 18.8 Å². The summed E-state index contributed by atoms with van der Waals surface area (Å²) >= 11 is 0. The van der Waals surface area contributed by atoms with Crippen LogP contribution in [0.1, 0.15) is 28.7 Å². The molecule has 1 aliphatic heterocycles. The summed E-state index contributed by atoms with van der Waals surface area (Å²) in [7, 11) is 3.73. The highest BCUT2D eigenvalue weighted by Gasteiger charge is 2.28. The molecular weight excluding hydrogens is 254 g/mol. The van der Waals surface area contributed by atoms with Crippen LogP contribution in [0, 0.1) is 6.92 Å². The summed E-state index contributed by atoms with van der Waals surface area (Å²) in [4.78, 5) is 2.37. The second kappa shape index (κ2) is 5.42. The van der Waals surface area contributed by atoms with Crippen LogP contribution in [0.4, 0.5) is 0 Å². The van der Waals surface area contributed by atoms with Gasteiger partial charge in [0.2, 0.25) is 0 Å². The molecule has 2 aromatic heterocycles. The van der Waals surface area contributed by atoms with Crippen molar-refractivity contribution in [2.45, 2.75) is 25.9 Å². The first-order valence-corrected chi connectivity index (χ1v) is 6.94. The highest BCUT2D eigenvalue weighted by Crippen LogP contribution is 2.28. The summed E-state index contributed by atoms with van der Waals surface area (Å²) in [5.74, 6) is 2.36. The number of ether oxygens (including phenoxy) is 1. The van der Waals surface area contributed by atoms with Gasteiger partial charge < -0.3 is 9.15 Å². The zero-order chi connectivity index (χ0) is 14.1. The molecule has 0 fully saturated rings. The molecular formula is C15H21N3O2. The van der Waals surface area contributed by atoms with E-state index in [1.807, 2.05) is 24.7 Å². The van der Waals surface area contributed by atoms with Crippen molar-refractivity contribution in [1.29, 1.82) is 0 Å². The Morgan fingerprint density at radius 3 is 3.00 bits per heavy atom. The number of fused-ring (bicyclic) bond motifs is 1. The lowest BCUT2D eigenvalue weighted by Gasteiger charge is -2.31. The molecule has 20 heavy (non-hydrogen) atoms. The number of rotatable bonds is 4. The number of methoxy groups -OCH3 is 1. The van der Waals surface area contributed by atoms with E-state index in [-0.39, 0.29) is 0 Å². The molecule has 0 saturated carbocycles. The van der Waals surface area contributed by atoms with Crippen molar-refractivity contribution in [3.05, 3.63) is 41.1 Å². The van der Waals surface area contributed by atoms with Gasteiger partial charge in [0, 0.05) is 44.9 Å². The van der Waals surface area contributed by atoms with Crippen LogP contribution >= 0.6 is 0 Å². The second-order valence-electron chi connectivity index (χ2n) is 5.54. The van der Waals surface area contributed by atoms with Gasteiger partial charge in [-0.05, 0) is 19.1 Å². The third-order valence-corrected chi connectivity index (χ3v) is 3.77. The first kappa shape index (κ1) is 13.4. The van der Waals surface area contributed by atoms with Crippen LogP contribution in [0.3, 0.4) is 0 Å². The van der Waals surface area contributed by atoms with Gasteiger partial charge in [0.15, 0.2) is 0 Å². The topological polar surface area (TPSA) is 43.4 Å². The standard InChI is InChI=1S/C15H21N3O2/c1-11-4-5-13(20-11)7-18-6-12(10-19-3)14-8-17(2)16-15(14)9-18/h4-5,8,12H,6-7,9-10H2,1-3H3/t12-/m0/s1. The zero-order valence-electron chi connectivity index (χ0n) is 12.3. The fourth-order valence-corrected chi connectivity index (χ4v) is 2.96. The van der Waals surface area contributed by atoms with Crippen LogP contribution in [0.25, 0.3) is 0 Å². The van der Waals surface area contributed by atoms with Crippen molar-refractivity contribution in [2.24, 2.45) is 7.05 Å². The van der Waals surface area contributed by atoms with E-state index in [9.17, 15) is 0 Å². The third kappa shape index (κ3) is 2.64. The predicted molar refractivity (Wildman–Crippen MR) is 75.4 cm³/mol. The molecule has 5 nitrogen and oxygen atoms in total. The van der Waals surface area contributed by atoms with Crippen molar-refractivity contribution >= 4 is 0 Å². The van der Waals surface area contributed by atoms with E-state index in [2.05, 4.69) is 22.3 Å². The Bertz CT molecular complexity index is 588. The Morgan fingerprint density at radius 1 is 1.45 bits per heavy atom. The maximum atomic E-state index is 5.68. The van der Waals surface area contributed by atoms with Crippen LogP contribution < -0.4 is 0 Å². The largest absolute Gasteiger partial charge is 0.465 e. The van der Waals surface area contributed by atoms with Crippen molar-refractivity contribution < 1.29 is 9.15 Å². The van der Waals surface area contributed by atoms with Gasteiger partial charge in [0.1, 0.15) is 11.5 Å². The summed E-state index contributed by atoms with van der Waals surface area (Å²) in [5.41, 5.74) is 2.48. The molecule has 1 atom stereocenters. The Hall–Kier alpha value is -1.59. The van der Waals surface area contributed by atoms with Crippen molar-refractivity contribution in [3.63, 3.8) is 0 Å². The first-order chi connectivity index (χ1) is 9.65. The number of hydrogen-bond acceptors (Lipinski definition) is 4. The van der Waals surface area contributed by atoms with Gasteiger partial charge >= 0.3 is 0 Å². The molecule has 0 N–H and O–H groups in total. The lowest BCUT2D eigenvalue weighted by atomic mass is 9.95. The van der Waals surface area contributed by atoms with Crippen LogP contribution in [-0.4, -0.2) is 34.9 Å². The van der Waals surface area contributed by atoms with E-state index in [1.165, 1.54) is 5.56 Å². The van der Waals surface area contributed by atoms with Crippen molar-refractivity contribution in [3.8, 4) is 0 Å². The number of aromatic nitrogens is 2. The lowest BCUT2D eigenvalue weighted by molar-refractivity contribution is 0.131. The van der Waals surface area contributed by atoms with Crippen LogP contribution in [-0.2, 0) is 24.9 Å². The average Bonchev–Trinajstić information content (AvgIpc) is 2.95. The van der Waals surface area contributed by atoms with Crippen LogP contribution in [0.5, 0.6) is 0 Å². The Balaban J connectivity index is 1.78. The normalized spacial score (nSPS) is 19.2. The molecule has 0 unspecified atom stereocenters. The summed E-state index contributed by atoms with van der Waals surface area (Å²) in [6.45, 7) is 5.38. The molecule has 0 aromatic carbocycles. The number of aryl methyl sites for hydroxylation is 2. The smallest absolute Gasteiger partial charge is 0.118 e. The molecule has 0 amide bonds. The number of nitrogens with zero attached hydrogens (tertiary/aromatic N) is 3. The van der Waals surface area contributed by atoms with Gasteiger partial charge in [0.25, 0.3) is 0 Å². The molecule has 108 valence electrons. The molecule has 0 bridgehead atoms. The summed E-state index contributed by atoms with van der Waals surface area (Å²) in [6.07, 6.45) is 2.12. The minimum absolute atomic E-state index is 0.383. The van der Waals surface area contributed by atoms with E-state index in [0.717, 1.165) is 43.5 Å². The van der Waals surface area contributed by atoms with Gasteiger partial charge in [-0.3, -0.25) is 9.58 Å². The Labute approximate surface area is 119 Å². The SMILES string of the molecule is COC[C@@H]1CN(Cc2ccc(C)o2)Cc2nn(C)cc21. The molecule has 3 heterocycles. The zero-order valence-corrected chi connectivity index (χ0v) is 12.3. The second-order valence-corrected chi connectivity index (χ2v) is 5.54. The molecule has 0 aliphatic carbocycles. The van der Waals surface area contributed by atoms with Gasteiger partial charge in [-0.2, -0.15) is 5.10 Å². The Kier molecular flexibility index (Phi) is 3.63. The van der Waals surface area contributed by atoms with E-state index in [0.29, 0.717) is 5.92 Å². The molecule has 3 rings (SSSR count). The van der Waals surface area contributed by atoms with E-state index in [4.69, 9.17) is 9.15 Å². The van der Waals surface area contributed by atoms with Crippen LogP contribution in [0.15, 0.2) is 22.7 Å². The minimum atomic E-state index is 0.383. The Morgan fingerprint density at radius 2 is 2.30 bits per heavy atom. The lowest BCUT2D eigenvalue weighted by Crippen LogP contribution is -2.34. The van der Waals surface area contributed by atoms with Gasteiger partial charge in [-0.1, -0.05) is 0 Å². The molecule has 0 spiro atoms. The fraction of sp³-hybridized carbons (Fsp3) is 0.533. The molecule has 0 radical (unpaired) electrons. The summed E-state index contributed by atoms with van der Waals surface area (Å²) in [6, 6.07) is 4.06. The van der Waals surface area contributed by atoms with Crippen LogP contribution in [0.2, 0.25) is 0 Å². The molecule has 5 heteroatoms. The number of furan rings is 1.